The monoisotopic (exact) mass is 481 g/mol. The number of benzene rings is 2. The fourth-order valence-electron chi connectivity index (χ4n) is 3.13. The molecule has 0 unspecified atom stereocenters. The molecule has 1 heterocycles. The number of halogens is 2. The molecule has 1 atom stereocenters. The van der Waals surface area contributed by atoms with E-state index in [0.29, 0.717) is 16.4 Å². The highest BCUT2D eigenvalue weighted by molar-refractivity contribution is 6.42. The molecular formula is C20H17Cl2N3O7. The molecule has 0 saturated carbocycles. The Balaban J connectivity index is 1.59. The maximum absolute atomic E-state index is 12.4. The first-order chi connectivity index (χ1) is 15.2. The average molecular weight is 482 g/mol. The van der Waals surface area contributed by atoms with Gasteiger partial charge in [0.1, 0.15) is 5.75 Å². The second-order valence-electron chi connectivity index (χ2n) is 6.80. The van der Waals surface area contributed by atoms with E-state index in [2.05, 4.69) is 5.32 Å². The van der Waals surface area contributed by atoms with Crippen molar-refractivity contribution in [2.75, 3.05) is 30.5 Å². The Morgan fingerprint density at radius 3 is 2.62 bits per heavy atom. The number of amides is 2. The predicted molar refractivity (Wildman–Crippen MR) is 116 cm³/mol. The van der Waals surface area contributed by atoms with Gasteiger partial charge in [-0.1, -0.05) is 23.2 Å². The number of esters is 1. The number of rotatable bonds is 7. The first-order valence-corrected chi connectivity index (χ1v) is 9.99. The zero-order chi connectivity index (χ0) is 23.4. The molecule has 32 heavy (non-hydrogen) atoms. The molecule has 0 spiro atoms. The van der Waals surface area contributed by atoms with Crippen LogP contribution in [0, 0.1) is 16.0 Å². The first kappa shape index (κ1) is 23.3. The normalized spacial score (nSPS) is 15.4. The second-order valence-corrected chi connectivity index (χ2v) is 7.62. The number of anilines is 2. The Hall–Kier alpha value is -3.37. The van der Waals surface area contributed by atoms with Crippen LogP contribution >= 0.6 is 23.2 Å². The average Bonchev–Trinajstić information content (AvgIpc) is 3.15. The molecular weight excluding hydrogens is 465 g/mol. The van der Waals surface area contributed by atoms with Crippen LogP contribution in [-0.2, 0) is 19.1 Å². The Kier molecular flexibility index (Phi) is 7.16. The van der Waals surface area contributed by atoms with E-state index in [1.807, 2.05) is 0 Å². The van der Waals surface area contributed by atoms with Gasteiger partial charge in [0.15, 0.2) is 6.61 Å². The summed E-state index contributed by atoms with van der Waals surface area (Å²) in [5.74, 6) is -2.36. The maximum atomic E-state index is 12.4. The Morgan fingerprint density at radius 1 is 1.22 bits per heavy atom. The lowest BCUT2D eigenvalue weighted by molar-refractivity contribution is -0.384. The van der Waals surface area contributed by atoms with Gasteiger partial charge in [-0.15, -0.1) is 0 Å². The van der Waals surface area contributed by atoms with E-state index in [1.165, 1.54) is 42.3 Å². The van der Waals surface area contributed by atoms with Gasteiger partial charge in [-0.2, -0.15) is 0 Å². The van der Waals surface area contributed by atoms with Gasteiger partial charge in [-0.25, -0.2) is 0 Å². The number of hydrogen-bond donors (Lipinski definition) is 1. The van der Waals surface area contributed by atoms with Crippen molar-refractivity contribution in [1.29, 1.82) is 0 Å². The number of ether oxygens (including phenoxy) is 2. The summed E-state index contributed by atoms with van der Waals surface area (Å²) in [6, 6.07) is 8.32. The van der Waals surface area contributed by atoms with Gasteiger partial charge >= 0.3 is 5.97 Å². The lowest BCUT2D eigenvalue weighted by Gasteiger charge is -2.19. The highest BCUT2D eigenvalue weighted by Gasteiger charge is 2.37. The van der Waals surface area contributed by atoms with Crippen LogP contribution in [0.15, 0.2) is 36.4 Å². The first-order valence-electron chi connectivity index (χ1n) is 9.24. The third-order valence-corrected chi connectivity index (χ3v) is 5.41. The molecule has 1 N–H and O–H groups in total. The van der Waals surface area contributed by atoms with Crippen LogP contribution in [0.3, 0.4) is 0 Å². The van der Waals surface area contributed by atoms with Gasteiger partial charge in [0.05, 0.1) is 39.8 Å². The molecule has 10 nitrogen and oxygen atoms in total. The van der Waals surface area contributed by atoms with Crippen molar-refractivity contribution in [3.8, 4) is 5.75 Å². The number of nitro groups is 1. The number of non-ortho nitro benzene ring substituents is 1. The smallest absolute Gasteiger partial charge is 0.311 e. The lowest BCUT2D eigenvalue weighted by atomic mass is 10.1. The summed E-state index contributed by atoms with van der Waals surface area (Å²) < 4.78 is 10.2. The lowest BCUT2D eigenvalue weighted by Crippen LogP contribution is -2.28. The van der Waals surface area contributed by atoms with E-state index in [9.17, 15) is 24.5 Å². The van der Waals surface area contributed by atoms with Crippen LogP contribution in [0.2, 0.25) is 10.0 Å². The number of carbonyl (C=O) groups is 3. The Bertz CT molecular complexity index is 1090. The molecule has 2 amide bonds. The highest BCUT2D eigenvalue weighted by Crippen LogP contribution is 2.36. The summed E-state index contributed by atoms with van der Waals surface area (Å²) in [5.41, 5.74) is 0.491. The molecule has 0 aromatic heterocycles. The summed E-state index contributed by atoms with van der Waals surface area (Å²) in [6.07, 6.45) is -0.132. The van der Waals surface area contributed by atoms with Crippen LogP contribution in [0.1, 0.15) is 6.42 Å². The van der Waals surface area contributed by atoms with Crippen LogP contribution < -0.4 is 15.0 Å². The molecule has 168 valence electrons. The van der Waals surface area contributed by atoms with Crippen molar-refractivity contribution < 1.29 is 28.8 Å². The van der Waals surface area contributed by atoms with E-state index in [-0.39, 0.29) is 35.3 Å². The van der Waals surface area contributed by atoms with Crippen molar-refractivity contribution in [3.63, 3.8) is 0 Å². The molecule has 3 rings (SSSR count). The number of nitro benzene ring substituents is 1. The standard InChI is InChI=1S/C20H17Cl2N3O7/c1-31-17-8-13(25(29)30)3-5-16(17)24-9-11(6-19(24)27)20(28)32-10-18(26)23-12-2-4-14(21)15(22)7-12/h2-5,7-8,11H,6,9-10H2,1H3,(H,23,26)/t11-/m0/s1. The number of methoxy groups -OCH3 is 1. The van der Waals surface area contributed by atoms with Crippen molar-refractivity contribution in [2.45, 2.75) is 6.42 Å². The quantitative estimate of drug-likeness (QED) is 0.364. The molecule has 2 aromatic rings. The summed E-state index contributed by atoms with van der Waals surface area (Å²) in [4.78, 5) is 48.5. The van der Waals surface area contributed by atoms with Crippen LogP contribution in [0.4, 0.5) is 17.1 Å². The minimum Gasteiger partial charge on any atom is -0.494 e. The third-order valence-electron chi connectivity index (χ3n) is 4.67. The van der Waals surface area contributed by atoms with E-state index in [1.54, 1.807) is 6.07 Å². The molecule has 0 bridgehead atoms. The van der Waals surface area contributed by atoms with Crippen LogP contribution in [-0.4, -0.2) is 43.0 Å². The van der Waals surface area contributed by atoms with Crippen molar-refractivity contribution in [1.82, 2.24) is 0 Å². The zero-order valence-electron chi connectivity index (χ0n) is 16.7. The Morgan fingerprint density at radius 2 is 1.97 bits per heavy atom. The fraction of sp³-hybridized carbons (Fsp3) is 0.250. The minimum atomic E-state index is -0.805. The van der Waals surface area contributed by atoms with E-state index in [4.69, 9.17) is 32.7 Å². The van der Waals surface area contributed by atoms with Gasteiger partial charge < -0.3 is 19.7 Å². The van der Waals surface area contributed by atoms with Crippen molar-refractivity contribution in [2.24, 2.45) is 5.92 Å². The molecule has 0 aliphatic carbocycles. The Labute approximate surface area is 192 Å². The van der Waals surface area contributed by atoms with Gasteiger partial charge in [-0.05, 0) is 24.3 Å². The molecule has 1 aliphatic heterocycles. The predicted octanol–water partition coefficient (Wildman–Crippen LogP) is 3.45. The van der Waals surface area contributed by atoms with E-state index in [0.717, 1.165) is 0 Å². The number of nitrogens with zero attached hydrogens (tertiary/aromatic N) is 2. The summed E-state index contributed by atoms with van der Waals surface area (Å²) in [5, 5.41) is 14.1. The van der Waals surface area contributed by atoms with Crippen molar-refractivity contribution >= 4 is 58.0 Å². The SMILES string of the molecule is COc1cc([N+](=O)[O-])ccc1N1C[C@@H](C(=O)OCC(=O)Nc2ccc(Cl)c(Cl)c2)CC1=O. The minimum absolute atomic E-state index is 0.0136. The molecule has 1 saturated heterocycles. The van der Waals surface area contributed by atoms with Crippen molar-refractivity contribution in [3.05, 3.63) is 56.6 Å². The van der Waals surface area contributed by atoms with Crippen LogP contribution in [0.25, 0.3) is 0 Å². The van der Waals surface area contributed by atoms with E-state index < -0.39 is 29.3 Å². The highest BCUT2D eigenvalue weighted by atomic mass is 35.5. The summed E-state index contributed by atoms with van der Waals surface area (Å²) in [7, 11) is 1.32. The number of hydrogen-bond acceptors (Lipinski definition) is 7. The summed E-state index contributed by atoms with van der Waals surface area (Å²) in [6.45, 7) is -0.565. The zero-order valence-corrected chi connectivity index (χ0v) is 18.2. The van der Waals surface area contributed by atoms with Gasteiger partial charge in [0.25, 0.3) is 11.6 Å². The van der Waals surface area contributed by atoms with Gasteiger partial charge in [0, 0.05) is 24.7 Å². The molecule has 1 fully saturated rings. The number of carbonyl (C=O) groups excluding carboxylic acids is 3. The largest absolute Gasteiger partial charge is 0.494 e. The van der Waals surface area contributed by atoms with Crippen LogP contribution in [0.5, 0.6) is 5.75 Å². The maximum Gasteiger partial charge on any atom is 0.311 e. The van der Waals surface area contributed by atoms with E-state index >= 15 is 0 Å². The topological polar surface area (TPSA) is 128 Å². The van der Waals surface area contributed by atoms with Gasteiger partial charge in [-0.3, -0.25) is 24.5 Å². The summed E-state index contributed by atoms with van der Waals surface area (Å²) >= 11 is 11.7. The molecule has 0 radical (unpaired) electrons. The fourth-order valence-corrected chi connectivity index (χ4v) is 3.42. The second kappa shape index (κ2) is 9.84. The molecule has 1 aliphatic rings. The van der Waals surface area contributed by atoms with Gasteiger partial charge in [0.2, 0.25) is 5.91 Å². The number of nitrogens with one attached hydrogen (secondary N) is 1. The molecule has 12 heteroatoms. The molecule has 2 aromatic carbocycles. The third kappa shape index (κ3) is 5.27.